The Morgan fingerprint density at radius 3 is 2.78 bits per heavy atom. The van der Waals surface area contributed by atoms with Crippen molar-refractivity contribution in [2.45, 2.75) is 11.6 Å². The monoisotopic (exact) mass is 393 g/mol. The number of methoxy groups -OCH3 is 2. The van der Waals surface area contributed by atoms with Crippen molar-refractivity contribution in [2.24, 2.45) is 0 Å². The van der Waals surface area contributed by atoms with Crippen molar-refractivity contribution in [3.63, 3.8) is 0 Å². The van der Waals surface area contributed by atoms with E-state index in [1.165, 1.54) is 18.9 Å². The van der Waals surface area contributed by atoms with Gasteiger partial charge < -0.3 is 25.0 Å². The lowest BCUT2D eigenvalue weighted by Gasteiger charge is -2.30. The lowest BCUT2D eigenvalue weighted by molar-refractivity contribution is -0.139. The summed E-state index contributed by atoms with van der Waals surface area (Å²) in [6.07, 6.45) is 2.05. The molecule has 1 aliphatic rings. The van der Waals surface area contributed by atoms with Crippen molar-refractivity contribution in [1.29, 1.82) is 0 Å². The van der Waals surface area contributed by atoms with Crippen molar-refractivity contribution in [3.05, 3.63) is 11.8 Å². The van der Waals surface area contributed by atoms with Crippen LogP contribution in [0.4, 0.5) is 17.5 Å². The first-order valence-electron chi connectivity index (χ1n) is 8.48. The van der Waals surface area contributed by atoms with E-state index < -0.39 is 0 Å². The molecular formula is C16H23N7O3S. The highest BCUT2D eigenvalue weighted by Crippen LogP contribution is 2.36. The number of carbonyl (C=O) groups is 1. The summed E-state index contributed by atoms with van der Waals surface area (Å²) in [5.41, 5.74) is 0.643. The van der Waals surface area contributed by atoms with E-state index in [1.807, 2.05) is 6.26 Å². The molecule has 1 aliphatic heterocycles. The molecule has 0 amide bonds. The van der Waals surface area contributed by atoms with Crippen LogP contribution in [0, 0.1) is 0 Å². The van der Waals surface area contributed by atoms with Crippen LogP contribution < -0.4 is 20.3 Å². The van der Waals surface area contributed by atoms with Gasteiger partial charge in [0.05, 0.1) is 20.6 Å². The molecule has 1 fully saturated rings. The summed E-state index contributed by atoms with van der Waals surface area (Å²) < 4.78 is 10.3. The number of hydrogen-bond donors (Lipinski definition) is 3. The Bertz CT molecular complexity index is 792. The van der Waals surface area contributed by atoms with Gasteiger partial charge in [0.1, 0.15) is 0 Å². The fourth-order valence-electron chi connectivity index (χ4n) is 2.74. The maximum atomic E-state index is 11.4. The molecule has 0 aromatic carbocycles. The second-order valence-electron chi connectivity index (χ2n) is 5.81. The molecule has 3 rings (SSSR count). The predicted molar refractivity (Wildman–Crippen MR) is 103 cm³/mol. The Morgan fingerprint density at radius 2 is 2.11 bits per heavy atom. The Balaban J connectivity index is 1.88. The Morgan fingerprint density at radius 1 is 1.33 bits per heavy atom. The van der Waals surface area contributed by atoms with Gasteiger partial charge in [-0.2, -0.15) is 5.10 Å². The van der Waals surface area contributed by atoms with Gasteiger partial charge in [-0.1, -0.05) is 11.8 Å². The quantitative estimate of drug-likeness (QED) is 0.354. The van der Waals surface area contributed by atoms with Crippen LogP contribution in [0.2, 0.25) is 0 Å². The predicted octanol–water partition coefficient (Wildman–Crippen LogP) is 0.799. The maximum Gasteiger partial charge on any atom is 0.311 e. The summed E-state index contributed by atoms with van der Waals surface area (Å²) in [7, 11) is 2.95. The molecule has 0 aliphatic carbocycles. The zero-order valence-corrected chi connectivity index (χ0v) is 16.4. The van der Waals surface area contributed by atoms with Gasteiger partial charge in [0.25, 0.3) is 0 Å². The van der Waals surface area contributed by atoms with Gasteiger partial charge in [-0.05, 0) is 6.26 Å². The Hall–Kier alpha value is -2.53. The molecule has 10 nitrogen and oxygen atoms in total. The van der Waals surface area contributed by atoms with Crippen LogP contribution in [-0.4, -0.2) is 72.8 Å². The van der Waals surface area contributed by atoms with Crippen molar-refractivity contribution < 1.29 is 14.3 Å². The van der Waals surface area contributed by atoms with Gasteiger partial charge in [0.2, 0.25) is 5.75 Å². The van der Waals surface area contributed by atoms with Crippen LogP contribution in [-0.2, 0) is 16.0 Å². The number of anilines is 3. The number of carbonyl (C=O) groups excluding carboxylic acids is 1. The summed E-state index contributed by atoms with van der Waals surface area (Å²) in [5, 5.41) is 14.1. The average Bonchev–Trinajstić information content (AvgIpc) is 3.14. The first kappa shape index (κ1) is 19.2. The van der Waals surface area contributed by atoms with E-state index in [0.717, 1.165) is 32.0 Å². The van der Waals surface area contributed by atoms with E-state index in [0.29, 0.717) is 28.2 Å². The van der Waals surface area contributed by atoms with E-state index in [2.05, 4.69) is 40.4 Å². The summed E-state index contributed by atoms with van der Waals surface area (Å²) in [4.78, 5) is 22.8. The number of hydrogen-bond acceptors (Lipinski definition) is 10. The number of nitrogens with one attached hydrogen (secondary N) is 3. The van der Waals surface area contributed by atoms with E-state index in [9.17, 15) is 4.79 Å². The third kappa shape index (κ3) is 4.61. The second-order valence-corrected chi connectivity index (χ2v) is 6.58. The van der Waals surface area contributed by atoms with Gasteiger partial charge in [-0.3, -0.25) is 9.89 Å². The molecule has 0 atom stereocenters. The van der Waals surface area contributed by atoms with Gasteiger partial charge >= 0.3 is 5.97 Å². The molecule has 2 aromatic heterocycles. The van der Waals surface area contributed by atoms with Crippen molar-refractivity contribution >= 4 is 35.2 Å². The standard InChI is InChI=1S/C16H23N7O3S/c1-25-12(24)9-10-8-11(22-21-10)18-14-13(26-2)15(20-16(19-14)27-3)23-6-4-17-5-7-23/h8,17H,4-7,9H2,1-3H3,(H2,18,19,20,21,22). The number of aromatic amines is 1. The number of H-pyrrole nitrogens is 1. The maximum absolute atomic E-state index is 11.4. The minimum atomic E-state index is -0.338. The lowest BCUT2D eigenvalue weighted by atomic mass is 10.3. The largest absolute Gasteiger partial charge is 0.490 e. The zero-order chi connectivity index (χ0) is 19.2. The number of rotatable bonds is 7. The molecule has 2 aromatic rings. The van der Waals surface area contributed by atoms with Crippen molar-refractivity contribution in [3.8, 4) is 5.75 Å². The summed E-state index contributed by atoms with van der Waals surface area (Å²) >= 11 is 1.46. The highest BCUT2D eigenvalue weighted by atomic mass is 32.2. The van der Waals surface area contributed by atoms with E-state index >= 15 is 0 Å². The van der Waals surface area contributed by atoms with Gasteiger partial charge in [0, 0.05) is 37.9 Å². The number of piperazine rings is 1. The Kier molecular flexibility index (Phi) is 6.35. The number of aromatic nitrogens is 4. The van der Waals surface area contributed by atoms with Crippen molar-refractivity contribution in [2.75, 3.05) is 56.9 Å². The van der Waals surface area contributed by atoms with Gasteiger partial charge in [-0.25, -0.2) is 9.97 Å². The summed E-state index contributed by atoms with van der Waals surface area (Å²) in [6.45, 7) is 3.46. The minimum Gasteiger partial charge on any atom is -0.490 e. The zero-order valence-electron chi connectivity index (χ0n) is 15.5. The molecule has 0 radical (unpaired) electrons. The van der Waals surface area contributed by atoms with Crippen LogP contribution >= 0.6 is 11.8 Å². The van der Waals surface area contributed by atoms with Crippen LogP contribution in [0.3, 0.4) is 0 Å². The fraction of sp³-hybridized carbons (Fsp3) is 0.500. The topological polar surface area (TPSA) is 117 Å². The smallest absolute Gasteiger partial charge is 0.311 e. The molecule has 3 heterocycles. The van der Waals surface area contributed by atoms with Crippen LogP contribution in [0.1, 0.15) is 5.69 Å². The first-order valence-corrected chi connectivity index (χ1v) is 9.71. The summed E-state index contributed by atoms with van der Waals surface area (Å²) in [5.74, 6) is 2.04. The highest BCUT2D eigenvalue weighted by Gasteiger charge is 2.22. The average molecular weight is 393 g/mol. The van der Waals surface area contributed by atoms with Crippen LogP contribution in [0.15, 0.2) is 11.2 Å². The minimum absolute atomic E-state index is 0.119. The highest BCUT2D eigenvalue weighted by molar-refractivity contribution is 7.98. The molecule has 11 heteroatoms. The third-order valence-electron chi connectivity index (χ3n) is 4.07. The van der Waals surface area contributed by atoms with Gasteiger partial charge in [-0.15, -0.1) is 0 Å². The number of thioether (sulfide) groups is 1. The van der Waals surface area contributed by atoms with E-state index in [-0.39, 0.29) is 12.4 Å². The molecule has 1 saturated heterocycles. The molecule has 0 unspecified atom stereocenters. The normalized spacial score (nSPS) is 14.1. The molecule has 0 bridgehead atoms. The molecule has 3 N–H and O–H groups in total. The van der Waals surface area contributed by atoms with E-state index in [4.69, 9.17) is 4.74 Å². The van der Waals surface area contributed by atoms with Crippen LogP contribution in [0.25, 0.3) is 0 Å². The molecular weight excluding hydrogens is 370 g/mol. The summed E-state index contributed by atoms with van der Waals surface area (Å²) in [6, 6.07) is 1.74. The first-order chi connectivity index (χ1) is 13.1. The van der Waals surface area contributed by atoms with Crippen LogP contribution in [0.5, 0.6) is 5.75 Å². The lowest BCUT2D eigenvalue weighted by Crippen LogP contribution is -2.44. The number of esters is 1. The van der Waals surface area contributed by atoms with Gasteiger partial charge in [0.15, 0.2) is 22.6 Å². The molecule has 27 heavy (non-hydrogen) atoms. The third-order valence-corrected chi connectivity index (χ3v) is 4.62. The molecule has 0 saturated carbocycles. The SMILES string of the molecule is COC(=O)Cc1cc(Nc2nc(SC)nc(N3CCNCC3)c2OC)n[nH]1. The van der Waals surface area contributed by atoms with Crippen molar-refractivity contribution in [1.82, 2.24) is 25.5 Å². The number of ether oxygens (including phenoxy) is 2. The number of nitrogens with zero attached hydrogens (tertiary/aromatic N) is 4. The fourth-order valence-corrected chi connectivity index (χ4v) is 3.10. The Labute approximate surface area is 161 Å². The molecule has 0 spiro atoms. The van der Waals surface area contributed by atoms with E-state index in [1.54, 1.807) is 13.2 Å². The second kappa shape index (κ2) is 8.91. The molecule has 146 valence electrons.